The third-order valence-corrected chi connectivity index (χ3v) is 5.34. The smallest absolute Gasteiger partial charge is 0.260 e. The number of carbonyl (C=O) groups is 1. The summed E-state index contributed by atoms with van der Waals surface area (Å²) in [5.74, 6) is -1.86. The summed E-state index contributed by atoms with van der Waals surface area (Å²) in [6, 6.07) is 6.43. The first-order chi connectivity index (χ1) is 13.6. The lowest BCUT2D eigenvalue weighted by molar-refractivity contribution is -0.0895. The Morgan fingerprint density at radius 3 is 2.86 bits per heavy atom. The van der Waals surface area contributed by atoms with E-state index in [0.29, 0.717) is 37.2 Å². The summed E-state index contributed by atoms with van der Waals surface area (Å²) in [6.07, 6.45) is -0.249. The molecule has 1 aliphatic rings. The number of rotatable bonds is 4. The lowest BCUT2D eigenvalue weighted by atomic mass is 10.1. The molecule has 28 heavy (non-hydrogen) atoms. The van der Waals surface area contributed by atoms with Crippen molar-refractivity contribution in [3.05, 3.63) is 53.1 Å². The zero-order valence-electron chi connectivity index (χ0n) is 14.8. The van der Waals surface area contributed by atoms with Crippen molar-refractivity contribution in [2.45, 2.75) is 6.10 Å². The molecular formula is C19H16F2N2O4S. The van der Waals surface area contributed by atoms with E-state index < -0.39 is 17.5 Å². The predicted octanol–water partition coefficient (Wildman–Crippen LogP) is 3.92. The van der Waals surface area contributed by atoms with Crippen LogP contribution in [0.25, 0.3) is 10.2 Å². The van der Waals surface area contributed by atoms with Crippen molar-refractivity contribution < 1.29 is 27.8 Å². The molecule has 1 unspecified atom stereocenters. The molecule has 0 bridgehead atoms. The van der Waals surface area contributed by atoms with Crippen LogP contribution in [0.2, 0.25) is 0 Å². The number of amides is 1. The molecule has 1 aliphatic heterocycles. The molecule has 4 rings (SSSR count). The van der Waals surface area contributed by atoms with Gasteiger partial charge in [0.1, 0.15) is 29.0 Å². The van der Waals surface area contributed by atoms with Crippen LogP contribution < -0.4 is 10.1 Å². The van der Waals surface area contributed by atoms with E-state index in [1.807, 2.05) is 6.07 Å². The fourth-order valence-electron chi connectivity index (χ4n) is 2.98. The molecule has 1 aromatic heterocycles. The van der Waals surface area contributed by atoms with Gasteiger partial charge in [-0.2, -0.15) is 0 Å². The largest absolute Gasteiger partial charge is 0.494 e. The van der Waals surface area contributed by atoms with Gasteiger partial charge < -0.3 is 14.2 Å². The number of hydrogen-bond donors (Lipinski definition) is 1. The van der Waals surface area contributed by atoms with Crippen LogP contribution in [0.3, 0.4) is 0 Å². The number of thiazole rings is 1. The Kier molecular flexibility index (Phi) is 5.21. The molecule has 1 fully saturated rings. The Morgan fingerprint density at radius 2 is 2.14 bits per heavy atom. The van der Waals surface area contributed by atoms with E-state index in [1.165, 1.54) is 18.4 Å². The normalized spacial score (nSPS) is 16.9. The Labute approximate surface area is 163 Å². The molecule has 2 heterocycles. The van der Waals surface area contributed by atoms with Gasteiger partial charge in [0, 0.05) is 11.6 Å². The number of halogens is 2. The van der Waals surface area contributed by atoms with Gasteiger partial charge in [-0.05, 0) is 18.2 Å². The van der Waals surface area contributed by atoms with Crippen LogP contribution in [0.1, 0.15) is 22.0 Å². The van der Waals surface area contributed by atoms with Gasteiger partial charge >= 0.3 is 0 Å². The minimum Gasteiger partial charge on any atom is -0.494 e. The molecule has 0 saturated carbocycles. The van der Waals surface area contributed by atoms with Crippen molar-refractivity contribution in [3.8, 4) is 5.75 Å². The maximum Gasteiger partial charge on any atom is 0.260 e. The van der Waals surface area contributed by atoms with Gasteiger partial charge in [-0.3, -0.25) is 10.1 Å². The Morgan fingerprint density at radius 1 is 1.29 bits per heavy atom. The van der Waals surface area contributed by atoms with E-state index >= 15 is 0 Å². The molecule has 146 valence electrons. The molecule has 0 radical (unpaired) electrons. The van der Waals surface area contributed by atoms with Crippen molar-refractivity contribution in [2.75, 3.05) is 32.2 Å². The Balaban J connectivity index is 1.69. The molecule has 1 amide bonds. The fourth-order valence-corrected chi connectivity index (χ4v) is 4.01. The zero-order chi connectivity index (χ0) is 19.7. The molecule has 1 atom stereocenters. The maximum absolute atomic E-state index is 13.9. The van der Waals surface area contributed by atoms with Crippen LogP contribution in [0.15, 0.2) is 30.3 Å². The summed E-state index contributed by atoms with van der Waals surface area (Å²) in [5.41, 5.74) is 1.17. The minimum absolute atomic E-state index is 0.249. The first-order valence-corrected chi connectivity index (χ1v) is 9.31. The first-order valence-electron chi connectivity index (χ1n) is 8.50. The van der Waals surface area contributed by atoms with E-state index in [-0.39, 0.29) is 16.8 Å². The first kappa shape index (κ1) is 18.7. The highest BCUT2D eigenvalue weighted by atomic mass is 32.1. The number of anilines is 1. The summed E-state index contributed by atoms with van der Waals surface area (Å²) in [6.45, 7) is 1.45. The number of nitrogens with one attached hydrogen (secondary N) is 1. The van der Waals surface area contributed by atoms with E-state index in [2.05, 4.69) is 10.3 Å². The molecule has 0 spiro atoms. The summed E-state index contributed by atoms with van der Waals surface area (Å²) >= 11 is 1.22. The van der Waals surface area contributed by atoms with Crippen molar-refractivity contribution in [1.29, 1.82) is 0 Å². The summed E-state index contributed by atoms with van der Waals surface area (Å²) in [5, 5.41) is 2.84. The maximum atomic E-state index is 13.9. The van der Waals surface area contributed by atoms with Crippen LogP contribution in [0.5, 0.6) is 5.75 Å². The Bertz CT molecular complexity index is 1030. The highest BCUT2D eigenvalue weighted by Crippen LogP contribution is 2.39. The lowest BCUT2D eigenvalue weighted by Crippen LogP contribution is -2.21. The van der Waals surface area contributed by atoms with Gasteiger partial charge in [-0.25, -0.2) is 13.8 Å². The molecule has 1 N–H and O–H groups in total. The van der Waals surface area contributed by atoms with Crippen LogP contribution in [-0.2, 0) is 9.47 Å². The number of hydrogen-bond acceptors (Lipinski definition) is 6. The van der Waals surface area contributed by atoms with Gasteiger partial charge in [-0.1, -0.05) is 17.4 Å². The van der Waals surface area contributed by atoms with Gasteiger partial charge in [0.15, 0.2) is 5.13 Å². The molecule has 6 nitrogen and oxygen atoms in total. The van der Waals surface area contributed by atoms with Gasteiger partial charge in [-0.15, -0.1) is 0 Å². The highest BCUT2D eigenvalue weighted by molar-refractivity contribution is 7.22. The number of nitrogens with zero attached hydrogens (tertiary/aromatic N) is 1. The third-order valence-electron chi connectivity index (χ3n) is 4.32. The minimum atomic E-state index is -0.940. The fraction of sp³-hybridized carbons (Fsp3) is 0.263. The van der Waals surface area contributed by atoms with Crippen LogP contribution in [0.4, 0.5) is 13.9 Å². The molecule has 2 aromatic carbocycles. The topological polar surface area (TPSA) is 69.7 Å². The van der Waals surface area contributed by atoms with Crippen molar-refractivity contribution >= 4 is 32.6 Å². The van der Waals surface area contributed by atoms with Crippen LogP contribution in [0, 0.1) is 11.6 Å². The van der Waals surface area contributed by atoms with Gasteiger partial charge in [0.25, 0.3) is 5.91 Å². The highest BCUT2D eigenvalue weighted by Gasteiger charge is 2.23. The van der Waals surface area contributed by atoms with Gasteiger partial charge in [0.05, 0.1) is 37.2 Å². The van der Waals surface area contributed by atoms with Crippen LogP contribution >= 0.6 is 11.3 Å². The number of methoxy groups -OCH3 is 1. The molecule has 0 aliphatic carbocycles. The predicted molar refractivity (Wildman–Crippen MR) is 100.0 cm³/mol. The van der Waals surface area contributed by atoms with E-state index in [0.717, 1.165) is 22.4 Å². The van der Waals surface area contributed by atoms with Gasteiger partial charge in [0.2, 0.25) is 0 Å². The molecule has 1 saturated heterocycles. The Hall–Kier alpha value is -2.62. The summed E-state index contributed by atoms with van der Waals surface area (Å²) in [7, 11) is 1.53. The number of aromatic nitrogens is 1. The second-order valence-corrected chi connectivity index (χ2v) is 7.07. The lowest BCUT2D eigenvalue weighted by Gasteiger charge is -2.23. The van der Waals surface area contributed by atoms with Crippen LogP contribution in [-0.4, -0.2) is 37.8 Å². The zero-order valence-corrected chi connectivity index (χ0v) is 15.6. The van der Waals surface area contributed by atoms with Crippen molar-refractivity contribution in [1.82, 2.24) is 4.98 Å². The second kappa shape index (κ2) is 7.78. The van der Waals surface area contributed by atoms with Crippen molar-refractivity contribution in [3.63, 3.8) is 0 Å². The third kappa shape index (κ3) is 3.56. The summed E-state index contributed by atoms with van der Waals surface area (Å²) < 4.78 is 44.3. The van der Waals surface area contributed by atoms with E-state index in [1.54, 1.807) is 6.07 Å². The average Bonchev–Trinajstić information content (AvgIpc) is 3.11. The monoisotopic (exact) mass is 406 g/mol. The quantitative estimate of drug-likeness (QED) is 0.711. The van der Waals surface area contributed by atoms with Crippen molar-refractivity contribution in [2.24, 2.45) is 0 Å². The van der Waals surface area contributed by atoms with E-state index in [4.69, 9.17) is 14.2 Å². The molecular weight excluding hydrogens is 390 g/mol. The number of ether oxygens (including phenoxy) is 3. The number of benzene rings is 2. The SMILES string of the molecule is COc1ccc(C2COCCO2)c2sc(NC(=O)c3ccc(F)cc3F)nc12. The summed E-state index contributed by atoms with van der Waals surface area (Å²) in [4.78, 5) is 16.8. The second-order valence-electron chi connectivity index (χ2n) is 6.07. The molecule has 9 heteroatoms. The van der Waals surface area contributed by atoms with E-state index in [9.17, 15) is 13.6 Å². The average molecular weight is 406 g/mol. The molecule has 3 aromatic rings. The number of fused-ring (bicyclic) bond motifs is 1. The standard InChI is InChI=1S/C19H16F2N2O4S/c1-25-14-5-4-12(15-9-26-6-7-27-15)17-16(14)22-19(28-17)23-18(24)11-3-2-10(20)8-13(11)21/h2-5,8,15H,6-7,9H2,1H3,(H,22,23,24). The number of carbonyl (C=O) groups excluding carboxylic acids is 1.